The van der Waals surface area contributed by atoms with E-state index >= 15 is 0 Å². The van der Waals surface area contributed by atoms with Crippen LogP contribution in [-0.4, -0.2) is 4.92 Å². The summed E-state index contributed by atoms with van der Waals surface area (Å²) in [5, 5.41) is 13.9. The Hall–Kier alpha value is -2.38. The maximum Gasteiger partial charge on any atom is 0.273 e. The van der Waals surface area contributed by atoms with E-state index in [1.54, 1.807) is 6.07 Å². The first kappa shape index (κ1) is 14.0. The first-order chi connectivity index (χ1) is 9.49. The highest BCUT2D eigenvalue weighted by atomic mass is 35.5. The van der Waals surface area contributed by atoms with E-state index in [-0.39, 0.29) is 10.7 Å². The van der Waals surface area contributed by atoms with Crippen molar-refractivity contribution in [3.8, 4) is 0 Å². The lowest BCUT2D eigenvalue weighted by molar-refractivity contribution is -0.384. The van der Waals surface area contributed by atoms with Gasteiger partial charge >= 0.3 is 0 Å². The standard InChI is InChI=1S/C12H10ClFN4O2/c13-11-3-7(14)1-2-12(11)16-8-4-9(17-15)6-10(5-8)18(19)20/h1-6,16-17H,15H2. The van der Waals surface area contributed by atoms with Crippen molar-refractivity contribution in [1.29, 1.82) is 0 Å². The van der Waals surface area contributed by atoms with E-state index in [1.807, 2.05) is 0 Å². The third-order valence-corrected chi connectivity index (χ3v) is 2.82. The number of nitro groups is 1. The lowest BCUT2D eigenvalue weighted by Gasteiger charge is -2.10. The minimum atomic E-state index is -0.543. The second kappa shape index (κ2) is 5.72. The zero-order chi connectivity index (χ0) is 14.7. The molecule has 0 saturated carbocycles. The summed E-state index contributed by atoms with van der Waals surface area (Å²) < 4.78 is 12.9. The quantitative estimate of drug-likeness (QED) is 0.456. The van der Waals surface area contributed by atoms with Gasteiger partial charge in [-0.25, -0.2) is 4.39 Å². The topological polar surface area (TPSA) is 93.2 Å². The molecule has 0 fully saturated rings. The largest absolute Gasteiger partial charge is 0.354 e. The highest BCUT2D eigenvalue weighted by molar-refractivity contribution is 6.33. The van der Waals surface area contributed by atoms with Crippen molar-refractivity contribution in [3.63, 3.8) is 0 Å². The van der Waals surface area contributed by atoms with Crippen molar-refractivity contribution in [2.24, 2.45) is 5.84 Å². The van der Waals surface area contributed by atoms with Crippen molar-refractivity contribution < 1.29 is 9.31 Å². The number of rotatable bonds is 4. The second-order valence-electron chi connectivity index (χ2n) is 3.92. The molecule has 20 heavy (non-hydrogen) atoms. The van der Waals surface area contributed by atoms with Gasteiger partial charge in [0.25, 0.3) is 5.69 Å². The predicted molar refractivity (Wildman–Crippen MR) is 75.6 cm³/mol. The molecule has 0 aliphatic carbocycles. The van der Waals surface area contributed by atoms with Gasteiger partial charge in [-0.3, -0.25) is 16.0 Å². The smallest absolute Gasteiger partial charge is 0.273 e. The van der Waals surface area contributed by atoms with Gasteiger partial charge in [0.1, 0.15) is 5.82 Å². The highest BCUT2D eigenvalue weighted by Gasteiger charge is 2.10. The number of hydrogen-bond donors (Lipinski definition) is 3. The van der Waals surface area contributed by atoms with E-state index in [1.165, 1.54) is 24.3 Å². The Morgan fingerprint density at radius 2 is 1.90 bits per heavy atom. The molecular formula is C12H10ClFN4O2. The van der Waals surface area contributed by atoms with Crippen LogP contribution in [0.2, 0.25) is 5.02 Å². The minimum absolute atomic E-state index is 0.138. The normalized spacial score (nSPS) is 10.2. The molecule has 0 aliphatic heterocycles. The minimum Gasteiger partial charge on any atom is -0.354 e. The number of nitro benzene ring substituents is 1. The molecule has 0 heterocycles. The molecular weight excluding hydrogens is 287 g/mol. The molecule has 0 aromatic heterocycles. The monoisotopic (exact) mass is 296 g/mol. The van der Waals surface area contributed by atoms with Gasteiger partial charge in [-0.2, -0.15) is 0 Å². The highest BCUT2D eigenvalue weighted by Crippen LogP contribution is 2.30. The van der Waals surface area contributed by atoms with E-state index in [4.69, 9.17) is 17.4 Å². The number of nitrogens with two attached hydrogens (primary N) is 1. The van der Waals surface area contributed by atoms with Gasteiger partial charge in [0.15, 0.2) is 0 Å². The van der Waals surface area contributed by atoms with Crippen molar-refractivity contribution in [2.75, 3.05) is 10.7 Å². The number of nitrogens with zero attached hydrogens (tertiary/aromatic N) is 1. The van der Waals surface area contributed by atoms with Crippen LogP contribution in [0.15, 0.2) is 36.4 Å². The average Bonchev–Trinajstić information content (AvgIpc) is 2.41. The third kappa shape index (κ3) is 3.14. The first-order valence-electron chi connectivity index (χ1n) is 5.48. The van der Waals surface area contributed by atoms with Crippen LogP contribution in [-0.2, 0) is 0 Å². The lowest BCUT2D eigenvalue weighted by atomic mass is 10.2. The van der Waals surface area contributed by atoms with Crippen molar-refractivity contribution >= 4 is 34.4 Å². The van der Waals surface area contributed by atoms with E-state index < -0.39 is 10.7 Å². The average molecular weight is 297 g/mol. The van der Waals surface area contributed by atoms with Crippen molar-refractivity contribution in [1.82, 2.24) is 0 Å². The molecule has 0 spiro atoms. The SMILES string of the molecule is NNc1cc(Nc2ccc(F)cc2Cl)cc([N+](=O)[O-])c1. The maximum absolute atomic E-state index is 12.9. The molecule has 0 aliphatic rings. The van der Waals surface area contributed by atoms with E-state index in [9.17, 15) is 14.5 Å². The van der Waals surface area contributed by atoms with Gasteiger partial charge < -0.3 is 10.7 Å². The number of hydrazine groups is 1. The van der Waals surface area contributed by atoms with Crippen LogP contribution < -0.4 is 16.6 Å². The van der Waals surface area contributed by atoms with Crippen LogP contribution in [0.3, 0.4) is 0 Å². The molecule has 104 valence electrons. The number of benzene rings is 2. The Bertz CT molecular complexity index is 666. The van der Waals surface area contributed by atoms with Gasteiger partial charge in [0, 0.05) is 17.8 Å². The summed E-state index contributed by atoms with van der Waals surface area (Å²) in [5.41, 5.74) is 3.39. The summed E-state index contributed by atoms with van der Waals surface area (Å²) in [6, 6.07) is 7.98. The fourth-order valence-corrected chi connectivity index (χ4v) is 1.83. The van der Waals surface area contributed by atoms with Crippen LogP contribution in [0.5, 0.6) is 0 Å². The predicted octanol–water partition coefficient (Wildman–Crippen LogP) is 3.42. The van der Waals surface area contributed by atoms with Gasteiger partial charge in [-0.15, -0.1) is 0 Å². The molecule has 0 saturated heterocycles. The Labute approximate surface area is 118 Å². The van der Waals surface area contributed by atoms with E-state index in [0.29, 0.717) is 17.1 Å². The lowest BCUT2D eigenvalue weighted by Crippen LogP contribution is -2.07. The summed E-state index contributed by atoms with van der Waals surface area (Å²) in [7, 11) is 0. The van der Waals surface area contributed by atoms with Crippen molar-refractivity contribution in [2.45, 2.75) is 0 Å². The van der Waals surface area contributed by atoms with Gasteiger partial charge in [0.05, 0.1) is 21.3 Å². The number of hydrogen-bond acceptors (Lipinski definition) is 5. The van der Waals surface area contributed by atoms with Crippen LogP contribution in [0.4, 0.5) is 27.1 Å². The summed E-state index contributed by atoms with van der Waals surface area (Å²) in [6.45, 7) is 0. The summed E-state index contributed by atoms with van der Waals surface area (Å²) in [4.78, 5) is 10.3. The second-order valence-corrected chi connectivity index (χ2v) is 4.33. The van der Waals surface area contributed by atoms with Crippen molar-refractivity contribution in [3.05, 3.63) is 57.4 Å². The number of halogens is 2. The summed E-state index contributed by atoms with van der Waals surface area (Å²) >= 11 is 5.88. The molecule has 0 amide bonds. The molecule has 0 bridgehead atoms. The van der Waals surface area contributed by atoms with Crippen LogP contribution in [0.1, 0.15) is 0 Å². The van der Waals surface area contributed by atoms with Gasteiger partial charge in [0.2, 0.25) is 0 Å². The van der Waals surface area contributed by atoms with E-state index in [0.717, 1.165) is 6.07 Å². The van der Waals surface area contributed by atoms with Crippen LogP contribution in [0, 0.1) is 15.9 Å². The Morgan fingerprint density at radius 3 is 2.50 bits per heavy atom. The fourth-order valence-electron chi connectivity index (χ4n) is 1.62. The van der Waals surface area contributed by atoms with Crippen LogP contribution in [0.25, 0.3) is 0 Å². The van der Waals surface area contributed by atoms with Gasteiger partial charge in [-0.1, -0.05) is 11.6 Å². The molecule has 6 nitrogen and oxygen atoms in total. The number of non-ortho nitro benzene ring substituents is 1. The zero-order valence-electron chi connectivity index (χ0n) is 10.1. The molecule has 8 heteroatoms. The Balaban J connectivity index is 2.37. The Kier molecular flexibility index (Phi) is 4.02. The number of anilines is 3. The molecule has 2 rings (SSSR count). The van der Waals surface area contributed by atoms with Gasteiger partial charge in [-0.05, 0) is 24.3 Å². The third-order valence-electron chi connectivity index (χ3n) is 2.51. The summed E-state index contributed by atoms with van der Waals surface area (Å²) in [6.07, 6.45) is 0. The molecule has 2 aromatic carbocycles. The maximum atomic E-state index is 12.9. The first-order valence-corrected chi connectivity index (χ1v) is 5.85. The fraction of sp³-hybridized carbons (Fsp3) is 0. The molecule has 0 atom stereocenters. The van der Waals surface area contributed by atoms with E-state index in [2.05, 4.69) is 10.7 Å². The van der Waals surface area contributed by atoms with Crippen LogP contribution >= 0.6 is 11.6 Å². The zero-order valence-corrected chi connectivity index (χ0v) is 10.8. The Morgan fingerprint density at radius 1 is 1.20 bits per heavy atom. The molecule has 0 unspecified atom stereocenters. The number of nitrogen functional groups attached to an aromatic ring is 1. The number of nitrogens with one attached hydrogen (secondary N) is 2. The molecule has 4 N–H and O–H groups in total. The molecule has 0 radical (unpaired) electrons. The summed E-state index contributed by atoms with van der Waals surface area (Å²) in [5.74, 6) is 4.79. The molecule has 2 aromatic rings.